The number of nitrogens with zero attached hydrogens (tertiary/aromatic N) is 1. The first kappa shape index (κ1) is 18.6. The van der Waals surface area contributed by atoms with Gasteiger partial charge in [-0.25, -0.2) is 0 Å². The van der Waals surface area contributed by atoms with E-state index in [4.69, 9.17) is 11.2 Å². The molecule has 0 radical (unpaired) electrons. The molecule has 0 amide bonds. The van der Waals surface area contributed by atoms with Crippen LogP contribution in [0.1, 0.15) is 25.7 Å². The van der Waals surface area contributed by atoms with E-state index in [0.29, 0.717) is 0 Å². The predicted octanol–water partition coefficient (Wildman–Crippen LogP) is 6.73. The van der Waals surface area contributed by atoms with E-state index in [0.717, 1.165) is 55.1 Å². The second-order valence-electron chi connectivity index (χ2n) is 6.36. The molecule has 3 rings (SSSR count). The number of hydrogen-bond acceptors (Lipinski definition) is 2. The molecule has 3 aromatic rings. The average Bonchev–Trinajstić information content (AvgIpc) is 2.73. The van der Waals surface area contributed by atoms with Gasteiger partial charge in [0.1, 0.15) is 5.75 Å². The minimum absolute atomic E-state index is 0.727. The van der Waals surface area contributed by atoms with Crippen LogP contribution in [0.3, 0.4) is 0 Å². The molecule has 0 bridgehead atoms. The zero-order valence-electron chi connectivity index (χ0n) is 15.6. The number of benzene rings is 3. The summed E-state index contributed by atoms with van der Waals surface area (Å²) in [5.41, 5.74) is 3.37. The van der Waals surface area contributed by atoms with Gasteiger partial charge in [0, 0.05) is 23.5 Å². The van der Waals surface area contributed by atoms with Gasteiger partial charge in [0.2, 0.25) is 0 Å². The maximum absolute atomic E-state index is 5.86. The fourth-order valence-corrected chi connectivity index (χ4v) is 2.99. The summed E-state index contributed by atoms with van der Waals surface area (Å²) in [5, 5.41) is 0. The standard InChI is InChI=1S/C25H25NO/c1-2-3-4-5-12-21-27-25-19-17-24(18-20-25)26(22-13-8-6-9-14-22)23-15-10-7-11-16-23/h1,6-11,13-20H,3-5,12,21H2. The molecule has 0 atom stereocenters. The first-order valence-electron chi connectivity index (χ1n) is 9.45. The second kappa shape index (κ2) is 10.1. The zero-order valence-corrected chi connectivity index (χ0v) is 15.6. The Morgan fingerprint density at radius 2 is 1.22 bits per heavy atom. The molecule has 0 aliphatic rings. The highest BCUT2D eigenvalue weighted by Gasteiger charge is 2.11. The fourth-order valence-electron chi connectivity index (χ4n) is 2.99. The van der Waals surface area contributed by atoms with Crippen LogP contribution >= 0.6 is 0 Å². The molecule has 0 N–H and O–H groups in total. The van der Waals surface area contributed by atoms with Gasteiger partial charge in [-0.15, -0.1) is 12.3 Å². The Hall–Kier alpha value is -3.18. The molecular formula is C25H25NO. The van der Waals surface area contributed by atoms with E-state index in [1.165, 1.54) is 0 Å². The molecule has 2 heteroatoms. The van der Waals surface area contributed by atoms with Crippen molar-refractivity contribution in [2.75, 3.05) is 11.5 Å². The third-order valence-electron chi connectivity index (χ3n) is 4.36. The van der Waals surface area contributed by atoms with Gasteiger partial charge < -0.3 is 9.64 Å². The van der Waals surface area contributed by atoms with Crippen LogP contribution in [-0.2, 0) is 0 Å². The molecule has 27 heavy (non-hydrogen) atoms. The Morgan fingerprint density at radius 3 is 1.78 bits per heavy atom. The molecule has 2 nitrogen and oxygen atoms in total. The van der Waals surface area contributed by atoms with Crippen molar-refractivity contribution >= 4 is 17.1 Å². The molecule has 0 saturated heterocycles. The van der Waals surface area contributed by atoms with Crippen LogP contribution in [0.5, 0.6) is 5.75 Å². The average molecular weight is 355 g/mol. The minimum Gasteiger partial charge on any atom is -0.494 e. The van der Waals surface area contributed by atoms with Crippen molar-refractivity contribution in [3.05, 3.63) is 84.9 Å². The van der Waals surface area contributed by atoms with Crippen molar-refractivity contribution in [2.45, 2.75) is 25.7 Å². The highest BCUT2D eigenvalue weighted by Crippen LogP contribution is 2.34. The lowest BCUT2D eigenvalue weighted by Crippen LogP contribution is -2.09. The summed E-state index contributed by atoms with van der Waals surface area (Å²) in [4.78, 5) is 2.24. The molecule has 136 valence electrons. The van der Waals surface area contributed by atoms with Gasteiger partial charge in [0.25, 0.3) is 0 Å². The van der Waals surface area contributed by atoms with Crippen molar-refractivity contribution < 1.29 is 4.74 Å². The van der Waals surface area contributed by atoms with Crippen LogP contribution in [0.25, 0.3) is 0 Å². The Balaban J connectivity index is 1.70. The van der Waals surface area contributed by atoms with E-state index < -0.39 is 0 Å². The zero-order chi connectivity index (χ0) is 18.7. The number of rotatable bonds is 9. The minimum atomic E-state index is 0.727. The van der Waals surface area contributed by atoms with Crippen molar-refractivity contribution in [3.63, 3.8) is 0 Å². The number of para-hydroxylation sites is 2. The monoisotopic (exact) mass is 355 g/mol. The Labute approximate surface area is 162 Å². The molecular weight excluding hydrogens is 330 g/mol. The first-order chi connectivity index (χ1) is 13.4. The molecule has 3 aromatic carbocycles. The summed E-state index contributed by atoms with van der Waals surface area (Å²) in [7, 11) is 0. The van der Waals surface area contributed by atoms with Gasteiger partial charge in [0.15, 0.2) is 0 Å². The smallest absolute Gasteiger partial charge is 0.119 e. The summed E-state index contributed by atoms with van der Waals surface area (Å²) in [6, 6.07) is 29.1. The summed E-state index contributed by atoms with van der Waals surface area (Å²) >= 11 is 0. The van der Waals surface area contributed by atoms with Crippen LogP contribution in [0, 0.1) is 12.3 Å². The third-order valence-corrected chi connectivity index (χ3v) is 4.36. The molecule has 0 saturated carbocycles. The normalized spacial score (nSPS) is 10.2. The summed E-state index contributed by atoms with van der Waals surface area (Å²) in [6.45, 7) is 0.727. The lowest BCUT2D eigenvalue weighted by molar-refractivity contribution is 0.305. The van der Waals surface area contributed by atoms with E-state index >= 15 is 0 Å². The number of hydrogen-bond donors (Lipinski definition) is 0. The predicted molar refractivity (Wildman–Crippen MR) is 114 cm³/mol. The summed E-state index contributed by atoms with van der Waals surface area (Å²) in [5.74, 6) is 3.57. The van der Waals surface area contributed by atoms with Gasteiger partial charge in [-0.3, -0.25) is 0 Å². The maximum Gasteiger partial charge on any atom is 0.119 e. The second-order valence-corrected chi connectivity index (χ2v) is 6.36. The Morgan fingerprint density at radius 1 is 0.667 bits per heavy atom. The van der Waals surface area contributed by atoms with Crippen LogP contribution < -0.4 is 9.64 Å². The van der Waals surface area contributed by atoms with Gasteiger partial charge >= 0.3 is 0 Å². The van der Waals surface area contributed by atoms with Crippen LogP contribution in [0.4, 0.5) is 17.1 Å². The van der Waals surface area contributed by atoms with Crippen molar-refractivity contribution in [1.29, 1.82) is 0 Å². The SMILES string of the molecule is C#CCCCCCOc1ccc(N(c2ccccc2)c2ccccc2)cc1. The van der Waals surface area contributed by atoms with Crippen LogP contribution in [0.2, 0.25) is 0 Å². The molecule has 0 aliphatic heterocycles. The quantitative estimate of drug-likeness (QED) is 0.312. The van der Waals surface area contributed by atoms with E-state index in [-0.39, 0.29) is 0 Å². The highest BCUT2D eigenvalue weighted by atomic mass is 16.5. The molecule has 0 unspecified atom stereocenters. The van der Waals surface area contributed by atoms with Gasteiger partial charge in [-0.05, 0) is 67.8 Å². The lowest BCUT2D eigenvalue weighted by Gasteiger charge is -2.25. The molecule has 0 fully saturated rings. The van der Waals surface area contributed by atoms with Crippen molar-refractivity contribution in [2.24, 2.45) is 0 Å². The van der Waals surface area contributed by atoms with E-state index in [9.17, 15) is 0 Å². The lowest BCUT2D eigenvalue weighted by atomic mass is 10.2. The highest BCUT2D eigenvalue weighted by molar-refractivity contribution is 5.76. The van der Waals surface area contributed by atoms with Crippen molar-refractivity contribution in [1.82, 2.24) is 0 Å². The largest absolute Gasteiger partial charge is 0.494 e. The fraction of sp³-hybridized carbons (Fsp3) is 0.200. The number of ether oxygens (including phenoxy) is 1. The first-order valence-corrected chi connectivity index (χ1v) is 9.45. The van der Waals surface area contributed by atoms with E-state index in [2.05, 4.69) is 71.5 Å². The number of unbranched alkanes of at least 4 members (excludes halogenated alkanes) is 3. The summed E-state index contributed by atoms with van der Waals surface area (Å²) in [6.07, 6.45) is 9.33. The van der Waals surface area contributed by atoms with Gasteiger partial charge in [-0.1, -0.05) is 36.4 Å². The number of terminal acetylenes is 1. The van der Waals surface area contributed by atoms with E-state index in [1.807, 2.05) is 24.3 Å². The summed E-state index contributed by atoms with van der Waals surface area (Å²) < 4.78 is 5.86. The van der Waals surface area contributed by atoms with Crippen LogP contribution in [-0.4, -0.2) is 6.61 Å². The number of anilines is 3. The molecule has 0 heterocycles. The van der Waals surface area contributed by atoms with Crippen LogP contribution in [0.15, 0.2) is 84.9 Å². The maximum atomic E-state index is 5.86. The van der Waals surface area contributed by atoms with Gasteiger partial charge in [-0.2, -0.15) is 0 Å². The molecule has 0 aromatic heterocycles. The Kier molecular flexibility index (Phi) is 6.95. The topological polar surface area (TPSA) is 12.5 Å². The van der Waals surface area contributed by atoms with E-state index in [1.54, 1.807) is 0 Å². The third kappa shape index (κ3) is 5.39. The molecule has 0 aliphatic carbocycles. The van der Waals surface area contributed by atoms with Crippen molar-refractivity contribution in [3.8, 4) is 18.1 Å². The Bertz CT molecular complexity index is 796. The molecule has 0 spiro atoms. The van der Waals surface area contributed by atoms with Gasteiger partial charge in [0.05, 0.1) is 6.61 Å².